The van der Waals surface area contributed by atoms with Crippen LogP contribution in [-0.4, -0.2) is 74.0 Å². The van der Waals surface area contributed by atoms with Crippen LogP contribution in [0.25, 0.3) is 6.08 Å². The Bertz CT molecular complexity index is 1290. The zero-order valence-electron chi connectivity index (χ0n) is 20.9. The lowest BCUT2D eigenvalue weighted by Crippen LogP contribution is -2.38. The lowest BCUT2D eigenvalue weighted by molar-refractivity contribution is -0.145. The number of esters is 1. The number of carbonyl (C=O) groups excluding carboxylic acids is 4. The van der Waals surface area contributed by atoms with Gasteiger partial charge in [0.15, 0.2) is 12.4 Å². The quantitative estimate of drug-likeness (QED) is 0.332. The summed E-state index contributed by atoms with van der Waals surface area (Å²) in [6, 6.07) is 10.3. The third-order valence-corrected chi connectivity index (χ3v) is 7.13. The third kappa shape index (κ3) is 7.24. The van der Waals surface area contributed by atoms with E-state index in [0.717, 1.165) is 10.6 Å². The Morgan fingerprint density at radius 2 is 1.82 bits per heavy atom. The van der Waals surface area contributed by atoms with Crippen molar-refractivity contribution in [1.82, 2.24) is 4.90 Å². The molecule has 2 saturated heterocycles. The number of amides is 3. The summed E-state index contributed by atoms with van der Waals surface area (Å²) in [5.41, 5.74) is 1.86. The second kappa shape index (κ2) is 13.2. The molecule has 13 heteroatoms. The number of ether oxygens (including phenoxy) is 3. The van der Waals surface area contributed by atoms with Gasteiger partial charge >= 0.3 is 5.97 Å². The molecule has 2 aromatic rings. The van der Waals surface area contributed by atoms with Crippen molar-refractivity contribution in [3.05, 3.63) is 56.9 Å². The van der Waals surface area contributed by atoms with E-state index in [1.54, 1.807) is 19.1 Å². The fraction of sp³-hybridized carbons (Fsp3) is 0.308. The molecule has 0 unspecified atom stereocenters. The van der Waals surface area contributed by atoms with Gasteiger partial charge in [-0.15, -0.1) is 0 Å². The van der Waals surface area contributed by atoms with E-state index in [4.69, 9.17) is 37.4 Å². The predicted molar refractivity (Wildman–Crippen MR) is 149 cm³/mol. The highest BCUT2D eigenvalue weighted by Gasteiger charge is 2.36. The summed E-state index contributed by atoms with van der Waals surface area (Å²) in [5.74, 6) is -1.60. The summed E-state index contributed by atoms with van der Waals surface area (Å²) >= 11 is 13.2. The molecule has 2 heterocycles. The number of halogens is 2. The summed E-state index contributed by atoms with van der Waals surface area (Å²) in [4.78, 5) is 53.0. The monoisotopic (exact) mass is 593 g/mol. The average molecular weight is 594 g/mol. The fourth-order valence-corrected chi connectivity index (χ4v) is 5.37. The number of nitrogens with zero attached hydrogens (tertiary/aromatic N) is 2. The first kappa shape index (κ1) is 28.8. The van der Waals surface area contributed by atoms with Gasteiger partial charge in [0, 0.05) is 13.1 Å². The number of benzene rings is 2. The van der Waals surface area contributed by atoms with E-state index in [1.807, 2.05) is 12.1 Å². The Morgan fingerprint density at radius 3 is 2.51 bits per heavy atom. The van der Waals surface area contributed by atoms with Crippen molar-refractivity contribution in [2.45, 2.75) is 6.92 Å². The van der Waals surface area contributed by atoms with Crippen molar-refractivity contribution >= 4 is 75.4 Å². The molecule has 39 heavy (non-hydrogen) atoms. The summed E-state index contributed by atoms with van der Waals surface area (Å²) in [6.45, 7) is 3.62. The van der Waals surface area contributed by atoms with Crippen molar-refractivity contribution in [3.8, 4) is 5.75 Å². The summed E-state index contributed by atoms with van der Waals surface area (Å²) in [5, 5.41) is 2.45. The van der Waals surface area contributed by atoms with Crippen LogP contribution in [0.1, 0.15) is 12.5 Å². The number of nitrogens with one attached hydrogen (secondary N) is 1. The minimum Gasteiger partial charge on any atom is -0.479 e. The highest BCUT2D eigenvalue weighted by molar-refractivity contribution is 8.18. The summed E-state index contributed by atoms with van der Waals surface area (Å²) in [6.07, 6.45) is 1.45. The molecule has 0 aliphatic carbocycles. The first-order chi connectivity index (χ1) is 18.8. The van der Waals surface area contributed by atoms with Crippen molar-refractivity contribution in [2.24, 2.45) is 0 Å². The van der Waals surface area contributed by atoms with Crippen molar-refractivity contribution in [1.29, 1.82) is 0 Å². The maximum atomic E-state index is 13.0. The molecule has 0 saturated carbocycles. The number of imide groups is 1. The Hall–Kier alpha value is -3.25. The standard InChI is InChI=1S/C26H25Cl2N3O7S/c1-2-37-23(33)15-38-24-17(27)11-16(12-18(24)28)13-21-25(34)31(26(35)39-21)14-22(32)29-19-5-3-4-6-20(19)30-7-9-36-10-8-30/h3-6,11-13H,2,7-10,14-15H2,1H3,(H,29,32)/b21-13-. The van der Waals surface area contributed by atoms with Gasteiger partial charge in [-0.3, -0.25) is 19.3 Å². The van der Waals surface area contributed by atoms with E-state index in [0.29, 0.717) is 49.3 Å². The minimum atomic E-state index is -0.614. The summed E-state index contributed by atoms with van der Waals surface area (Å²) in [7, 11) is 0. The molecule has 2 aliphatic heterocycles. The van der Waals surface area contributed by atoms with Crippen molar-refractivity contribution < 1.29 is 33.4 Å². The van der Waals surface area contributed by atoms with Gasteiger partial charge in [-0.2, -0.15) is 0 Å². The molecule has 3 amide bonds. The molecule has 0 radical (unpaired) electrons. The second-order valence-electron chi connectivity index (χ2n) is 8.34. The van der Waals surface area contributed by atoms with Gasteiger partial charge in [-0.05, 0) is 54.6 Å². The Kier molecular flexibility index (Phi) is 9.73. The normalized spacial score (nSPS) is 16.5. The fourth-order valence-electron chi connectivity index (χ4n) is 3.91. The van der Waals surface area contributed by atoms with Crippen LogP contribution < -0.4 is 15.0 Å². The Morgan fingerprint density at radius 1 is 1.13 bits per heavy atom. The van der Waals surface area contributed by atoms with Crippen LogP contribution in [0.2, 0.25) is 10.0 Å². The maximum absolute atomic E-state index is 13.0. The van der Waals surface area contributed by atoms with E-state index in [2.05, 4.69) is 10.2 Å². The van der Waals surface area contributed by atoms with Crippen molar-refractivity contribution in [3.63, 3.8) is 0 Å². The van der Waals surface area contributed by atoms with E-state index in [1.165, 1.54) is 18.2 Å². The van der Waals surface area contributed by atoms with Crippen LogP contribution in [0.5, 0.6) is 5.75 Å². The van der Waals surface area contributed by atoms with Gasteiger partial charge in [0.2, 0.25) is 5.91 Å². The van der Waals surface area contributed by atoms with Gasteiger partial charge < -0.3 is 24.4 Å². The maximum Gasteiger partial charge on any atom is 0.344 e. The molecule has 2 aliphatic rings. The smallest absolute Gasteiger partial charge is 0.344 e. The molecular weight excluding hydrogens is 569 g/mol. The number of hydrogen-bond acceptors (Lipinski definition) is 9. The molecule has 206 valence electrons. The highest BCUT2D eigenvalue weighted by Crippen LogP contribution is 2.37. The predicted octanol–water partition coefficient (Wildman–Crippen LogP) is 4.45. The topological polar surface area (TPSA) is 114 Å². The number of para-hydroxylation sites is 2. The van der Waals surface area contributed by atoms with Crippen LogP contribution in [0.3, 0.4) is 0 Å². The minimum absolute atomic E-state index is 0.0886. The average Bonchev–Trinajstić information content (AvgIpc) is 3.16. The highest BCUT2D eigenvalue weighted by atomic mass is 35.5. The van der Waals surface area contributed by atoms with Crippen LogP contribution in [-0.2, 0) is 23.9 Å². The molecular formula is C26H25Cl2N3O7S. The van der Waals surface area contributed by atoms with E-state index in [-0.39, 0.29) is 33.9 Å². The number of rotatable bonds is 9. The van der Waals surface area contributed by atoms with Gasteiger partial charge in [0.1, 0.15) is 6.54 Å². The SMILES string of the molecule is CCOC(=O)COc1c(Cl)cc(/C=C2\SC(=O)N(CC(=O)Nc3ccccc3N3CCOCC3)C2=O)cc1Cl. The molecule has 0 aromatic heterocycles. The van der Waals surface area contributed by atoms with Gasteiger partial charge in [-0.25, -0.2) is 4.79 Å². The zero-order valence-corrected chi connectivity index (χ0v) is 23.2. The second-order valence-corrected chi connectivity index (χ2v) is 10.1. The number of thioether (sulfide) groups is 1. The molecule has 10 nitrogen and oxygen atoms in total. The number of anilines is 2. The number of morpholine rings is 1. The molecule has 2 aromatic carbocycles. The zero-order chi connectivity index (χ0) is 27.9. The van der Waals surface area contributed by atoms with E-state index >= 15 is 0 Å². The van der Waals surface area contributed by atoms with Crippen LogP contribution >= 0.6 is 35.0 Å². The lowest BCUT2D eigenvalue weighted by atomic mass is 10.2. The van der Waals surface area contributed by atoms with E-state index < -0.39 is 29.6 Å². The molecule has 2 fully saturated rings. The summed E-state index contributed by atoms with van der Waals surface area (Å²) < 4.78 is 15.6. The molecule has 0 bridgehead atoms. The number of hydrogen-bond donors (Lipinski definition) is 1. The first-order valence-corrected chi connectivity index (χ1v) is 13.6. The van der Waals surface area contributed by atoms with E-state index in [9.17, 15) is 19.2 Å². The lowest BCUT2D eigenvalue weighted by Gasteiger charge is -2.30. The Labute approximate surface area is 239 Å². The number of carbonyl (C=O) groups is 4. The molecule has 1 N–H and O–H groups in total. The third-order valence-electron chi connectivity index (χ3n) is 5.66. The van der Waals surface area contributed by atoms with Gasteiger partial charge in [0.05, 0.1) is 46.1 Å². The van der Waals surface area contributed by atoms with Crippen molar-refractivity contribution in [2.75, 3.05) is 56.3 Å². The molecule has 4 rings (SSSR count). The van der Waals surface area contributed by atoms with Crippen LogP contribution in [0, 0.1) is 0 Å². The first-order valence-electron chi connectivity index (χ1n) is 12.0. The van der Waals surface area contributed by atoms with Crippen LogP contribution in [0.15, 0.2) is 41.3 Å². The van der Waals surface area contributed by atoms with Gasteiger partial charge in [0.25, 0.3) is 11.1 Å². The largest absolute Gasteiger partial charge is 0.479 e. The molecule has 0 spiro atoms. The molecule has 0 atom stereocenters. The Balaban J connectivity index is 1.42. The van der Waals surface area contributed by atoms with Gasteiger partial charge in [-0.1, -0.05) is 35.3 Å². The van der Waals surface area contributed by atoms with Crippen LogP contribution in [0.4, 0.5) is 16.2 Å².